The summed E-state index contributed by atoms with van der Waals surface area (Å²) in [6.07, 6.45) is 6.12. The molecule has 3 heterocycles. The maximum atomic E-state index is 11.2. The highest BCUT2D eigenvalue weighted by Crippen LogP contribution is 2.16. The quantitative estimate of drug-likeness (QED) is 0.624. The molecule has 0 radical (unpaired) electrons. The van der Waals surface area contributed by atoms with Gasteiger partial charge < -0.3 is 0 Å². The van der Waals surface area contributed by atoms with E-state index in [0.717, 1.165) is 17.8 Å². The van der Waals surface area contributed by atoms with Gasteiger partial charge in [0.05, 0.1) is 0 Å². The van der Waals surface area contributed by atoms with Gasteiger partial charge in [-0.3, -0.25) is 13.8 Å². The highest BCUT2D eigenvalue weighted by Gasteiger charge is 2.13. The van der Waals surface area contributed by atoms with Crippen molar-refractivity contribution in [1.29, 1.82) is 0 Å². The standard InChI is InChI=1S/C12H10N4O/c1-9-13-5-7-15(9)12-10(8-17)16-6-3-2-4-11(16)14-12/h2-8H,1H3. The Morgan fingerprint density at radius 1 is 1.29 bits per heavy atom. The van der Waals surface area contributed by atoms with Gasteiger partial charge in [-0.15, -0.1) is 0 Å². The van der Waals surface area contributed by atoms with Gasteiger partial charge in [-0.2, -0.15) is 0 Å². The number of hydrogen-bond donors (Lipinski definition) is 0. The van der Waals surface area contributed by atoms with Crippen LogP contribution in [-0.2, 0) is 0 Å². The van der Waals surface area contributed by atoms with Gasteiger partial charge in [-0.25, -0.2) is 9.97 Å². The van der Waals surface area contributed by atoms with E-state index in [0.29, 0.717) is 11.5 Å². The summed E-state index contributed by atoms with van der Waals surface area (Å²) in [5, 5.41) is 0. The minimum absolute atomic E-state index is 0.529. The average Bonchev–Trinajstić information content (AvgIpc) is 2.91. The molecule has 5 nitrogen and oxygen atoms in total. The van der Waals surface area contributed by atoms with Gasteiger partial charge in [0, 0.05) is 18.6 Å². The number of nitrogens with zero attached hydrogens (tertiary/aromatic N) is 4. The van der Waals surface area contributed by atoms with Crippen LogP contribution in [0.4, 0.5) is 0 Å². The fraction of sp³-hybridized carbons (Fsp3) is 0.0833. The molecule has 0 aliphatic carbocycles. The van der Waals surface area contributed by atoms with E-state index in [9.17, 15) is 4.79 Å². The van der Waals surface area contributed by atoms with E-state index in [2.05, 4.69) is 9.97 Å². The third kappa shape index (κ3) is 1.36. The van der Waals surface area contributed by atoms with Crippen LogP contribution < -0.4 is 0 Å². The second-order valence-corrected chi connectivity index (χ2v) is 3.71. The van der Waals surface area contributed by atoms with Crippen molar-refractivity contribution in [3.63, 3.8) is 0 Å². The van der Waals surface area contributed by atoms with Gasteiger partial charge in [-0.05, 0) is 19.1 Å². The van der Waals surface area contributed by atoms with Crippen molar-refractivity contribution in [2.45, 2.75) is 6.92 Å². The van der Waals surface area contributed by atoms with E-state index in [-0.39, 0.29) is 0 Å². The van der Waals surface area contributed by atoms with Crippen LogP contribution in [0.5, 0.6) is 0 Å². The molecule has 84 valence electrons. The Morgan fingerprint density at radius 2 is 2.18 bits per heavy atom. The molecule has 0 aliphatic rings. The average molecular weight is 226 g/mol. The van der Waals surface area contributed by atoms with Gasteiger partial charge in [0.15, 0.2) is 12.1 Å². The molecule has 0 unspecified atom stereocenters. The number of fused-ring (bicyclic) bond motifs is 1. The molecule has 0 saturated heterocycles. The van der Waals surface area contributed by atoms with Crippen LogP contribution in [0.25, 0.3) is 11.5 Å². The minimum atomic E-state index is 0.529. The van der Waals surface area contributed by atoms with E-state index < -0.39 is 0 Å². The fourth-order valence-electron chi connectivity index (χ4n) is 1.89. The highest BCUT2D eigenvalue weighted by molar-refractivity contribution is 5.79. The molecular weight excluding hydrogens is 216 g/mol. The Morgan fingerprint density at radius 3 is 2.88 bits per heavy atom. The van der Waals surface area contributed by atoms with Crippen molar-refractivity contribution in [2.24, 2.45) is 0 Å². The second kappa shape index (κ2) is 3.55. The third-order valence-corrected chi connectivity index (χ3v) is 2.71. The maximum Gasteiger partial charge on any atom is 0.170 e. The highest BCUT2D eigenvalue weighted by atomic mass is 16.1. The maximum absolute atomic E-state index is 11.2. The predicted molar refractivity (Wildman–Crippen MR) is 62.4 cm³/mol. The second-order valence-electron chi connectivity index (χ2n) is 3.71. The molecule has 3 aromatic rings. The largest absolute Gasteiger partial charge is 0.296 e. The van der Waals surface area contributed by atoms with Gasteiger partial charge in [0.2, 0.25) is 0 Å². The molecule has 0 spiro atoms. The SMILES string of the molecule is Cc1nccn1-c1nc2ccccn2c1C=O. The summed E-state index contributed by atoms with van der Waals surface area (Å²) in [4.78, 5) is 19.8. The number of carbonyl (C=O) groups excluding carboxylic acids is 1. The first-order valence-corrected chi connectivity index (χ1v) is 5.24. The molecule has 0 aliphatic heterocycles. The van der Waals surface area contributed by atoms with E-state index in [4.69, 9.17) is 0 Å². The lowest BCUT2D eigenvalue weighted by atomic mass is 10.4. The molecule has 0 amide bonds. The molecule has 3 rings (SSSR count). The van der Waals surface area contributed by atoms with Crippen LogP contribution in [0.2, 0.25) is 0 Å². The van der Waals surface area contributed by atoms with Crippen molar-refractivity contribution in [3.8, 4) is 5.82 Å². The fourth-order valence-corrected chi connectivity index (χ4v) is 1.89. The van der Waals surface area contributed by atoms with Crippen LogP contribution in [-0.4, -0.2) is 25.2 Å². The number of rotatable bonds is 2. The summed E-state index contributed by atoms with van der Waals surface area (Å²) >= 11 is 0. The Bertz CT molecular complexity index is 695. The number of aldehydes is 1. The summed E-state index contributed by atoms with van der Waals surface area (Å²) in [6, 6.07) is 5.62. The van der Waals surface area contributed by atoms with Crippen LogP contribution in [0, 0.1) is 6.92 Å². The van der Waals surface area contributed by atoms with E-state index in [1.807, 2.05) is 31.3 Å². The predicted octanol–water partition coefficient (Wildman–Crippen LogP) is 1.64. The molecule has 0 N–H and O–H groups in total. The molecule has 17 heavy (non-hydrogen) atoms. The summed E-state index contributed by atoms with van der Waals surface area (Å²) < 4.78 is 3.57. The van der Waals surface area contributed by atoms with Crippen LogP contribution in [0.3, 0.4) is 0 Å². The molecule has 0 saturated carbocycles. The Kier molecular flexibility index (Phi) is 2.04. The van der Waals surface area contributed by atoms with E-state index in [1.165, 1.54) is 0 Å². The number of pyridine rings is 1. The van der Waals surface area contributed by atoms with E-state index in [1.54, 1.807) is 21.4 Å². The number of hydrogen-bond acceptors (Lipinski definition) is 3. The molecule has 0 bridgehead atoms. The number of aryl methyl sites for hydroxylation is 1. The topological polar surface area (TPSA) is 52.2 Å². The first-order chi connectivity index (χ1) is 8.31. The summed E-state index contributed by atoms with van der Waals surface area (Å²) in [7, 11) is 0. The van der Waals surface area contributed by atoms with Crippen LogP contribution in [0.15, 0.2) is 36.8 Å². The lowest BCUT2D eigenvalue weighted by molar-refractivity contribution is 0.111. The minimum Gasteiger partial charge on any atom is -0.296 e. The number of carbonyl (C=O) groups is 1. The van der Waals surface area contributed by atoms with E-state index >= 15 is 0 Å². The summed E-state index contributed by atoms with van der Waals surface area (Å²) in [5.74, 6) is 1.41. The first kappa shape index (κ1) is 9.77. The number of aromatic nitrogens is 4. The third-order valence-electron chi connectivity index (χ3n) is 2.71. The van der Waals surface area contributed by atoms with Crippen molar-refractivity contribution < 1.29 is 4.79 Å². The zero-order valence-corrected chi connectivity index (χ0v) is 9.24. The van der Waals surface area contributed by atoms with Gasteiger partial charge in [-0.1, -0.05) is 6.07 Å². The van der Waals surface area contributed by atoms with Crippen LogP contribution in [0.1, 0.15) is 16.3 Å². The molecule has 0 fully saturated rings. The zero-order valence-electron chi connectivity index (χ0n) is 9.24. The van der Waals surface area contributed by atoms with Crippen molar-refractivity contribution in [1.82, 2.24) is 18.9 Å². The molecular formula is C12H10N4O. The Hall–Kier alpha value is -2.43. The smallest absolute Gasteiger partial charge is 0.170 e. The lowest BCUT2D eigenvalue weighted by Crippen LogP contribution is -2.00. The van der Waals surface area contributed by atoms with Crippen LogP contribution >= 0.6 is 0 Å². The number of imidazole rings is 2. The first-order valence-electron chi connectivity index (χ1n) is 5.24. The van der Waals surface area contributed by atoms with Crippen molar-refractivity contribution in [3.05, 3.63) is 48.3 Å². The molecule has 3 aromatic heterocycles. The van der Waals surface area contributed by atoms with Crippen molar-refractivity contribution >= 4 is 11.9 Å². The van der Waals surface area contributed by atoms with Gasteiger partial charge in [0.1, 0.15) is 17.2 Å². The summed E-state index contributed by atoms with van der Waals surface area (Å²) in [5.41, 5.74) is 1.28. The van der Waals surface area contributed by atoms with Gasteiger partial charge >= 0.3 is 0 Å². The lowest BCUT2D eigenvalue weighted by Gasteiger charge is -2.00. The normalized spacial score (nSPS) is 10.9. The monoisotopic (exact) mass is 226 g/mol. The van der Waals surface area contributed by atoms with Crippen molar-refractivity contribution in [2.75, 3.05) is 0 Å². The molecule has 5 heteroatoms. The zero-order chi connectivity index (χ0) is 11.8. The van der Waals surface area contributed by atoms with Gasteiger partial charge in [0.25, 0.3) is 0 Å². The Labute approximate surface area is 97.4 Å². The molecule has 0 aromatic carbocycles. The molecule has 0 atom stereocenters. The Balaban J connectivity index is 2.37. The summed E-state index contributed by atoms with van der Waals surface area (Å²) in [6.45, 7) is 1.87.